The molecule has 0 aliphatic carbocycles. The molecule has 1 aromatic carbocycles. The van der Waals surface area contributed by atoms with E-state index in [0.29, 0.717) is 0 Å². The van der Waals surface area contributed by atoms with Crippen molar-refractivity contribution in [2.45, 2.75) is 24.9 Å². The van der Waals surface area contributed by atoms with Gasteiger partial charge in [-0.1, -0.05) is 30.3 Å². The molecule has 1 aliphatic heterocycles. The van der Waals surface area contributed by atoms with E-state index in [-0.39, 0.29) is 12.0 Å². The summed E-state index contributed by atoms with van der Waals surface area (Å²) in [5.74, 6) is 0.823. The van der Waals surface area contributed by atoms with Crippen molar-refractivity contribution in [3.8, 4) is 0 Å². The van der Waals surface area contributed by atoms with Crippen molar-refractivity contribution >= 4 is 0 Å². The fraction of sp³-hybridized carbons (Fsp3) is 0.375. The van der Waals surface area contributed by atoms with E-state index in [4.69, 9.17) is 9.84 Å². The Bertz CT molecular complexity index is 548. The lowest BCUT2D eigenvalue weighted by Gasteiger charge is -2.36. The number of aromatic nitrogens is 2. The number of hydrogen-bond acceptors (Lipinski definition) is 4. The van der Waals surface area contributed by atoms with Crippen LogP contribution in [0.5, 0.6) is 0 Å². The van der Waals surface area contributed by atoms with Crippen LogP contribution in [0.1, 0.15) is 29.8 Å². The Morgan fingerprint density at radius 2 is 1.70 bits per heavy atom. The molecule has 20 heavy (non-hydrogen) atoms. The topological polar surface area (TPSA) is 55.2 Å². The zero-order valence-corrected chi connectivity index (χ0v) is 11.3. The normalized spacial score (nSPS) is 17.9. The van der Waals surface area contributed by atoms with Gasteiger partial charge in [-0.15, -0.1) is 0 Å². The van der Waals surface area contributed by atoms with E-state index >= 15 is 0 Å². The van der Waals surface area contributed by atoms with Gasteiger partial charge in [0.05, 0.1) is 12.0 Å². The molecule has 0 saturated carbocycles. The van der Waals surface area contributed by atoms with Crippen LogP contribution < -0.4 is 0 Å². The Hall–Kier alpha value is -1.78. The summed E-state index contributed by atoms with van der Waals surface area (Å²) < 4.78 is 5.52. The minimum Gasteiger partial charge on any atom is -0.392 e. The number of aliphatic hydroxyl groups is 1. The van der Waals surface area contributed by atoms with Gasteiger partial charge in [-0.05, 0) is 18.4 Å². The molecule has 0 spiro atoms. The molecule has 1 saturated heterocycles. The minimum absolute atomic E-state index is 0.0261. The summed E-state index contributed by atoms with van der Waals surface area (Å²) in [6, 6.07) is 10.4. The second-order valence-electron chi connectivity index (χ2n) is 5.13. The molecule has 0 amide bonds. The van der Waals surface area contributed by atoms with Crippen molar-refractivity contribution in [2.75, 3.05) is 13.2 Å². The molecule has 0 atom stereocenters. The predicted octanol–water partition coefficient (Wildman–Crippen LogP) is 2.07. The van der Waals surface area contributed by atoms with Crippen LogP contribution in [-0.4, -0.2) is 28.3 Å². The second kappa shape index (κ2) is 5.69. The minimum atomic E-state index is -0.173. The molecule has 1 aliphatic rings. The molecule has 0 radical (unpaired) electrons. The van der Waals surface area contributed by atoms with Crippen molar-refractivity contribution < 1.29 is 9.84 Å². The standard InChI is InChI=1S/C16H18N2O2/c19-12-13-10-17-15(18-11-13)16(6-8-20-9-7-16)14-4-2-1-3-5-14/h1-5,10-11,19H,6-9,12H2. The maximum absolute atomic E-state index is 9.12. The first-order valence-electron chi connectivity index (χ1n) is 6.91. The molecule has 2 aromatic rings. The lowest BCUT2D eigenvalue weighted by atomic mass is 9.73. The van der Waals surface area contributed by atoms with E-state index < -0.39 is 0 Å². The van der Waals surface area contributed by atoms with Crippen LogP contribution in [0.3, 0.4) is 0 Å². The maximum Gasteiger partial charge on any atom is 0.138 e. The number of benzene rings is 1. The van der Waals surface area contributed by atoms with Gasteiger partial charge >= 0.3 is 0 Å². The summed E-state index contributed by atoms with van der Waals surface area (Å²) >= 11 is 0. The number of nitrogens with zero attached hydrogens (tertiary/aromatic N) is 2. The highest BCUT2D eigenvalue weighted by molar-refractivity contribution is 5.33. The van der Waals surface area contributed by atoms with Crippen LogP contribution in [-0.2, 0) is 16.8 Å². The third kappa shape index (κ3) is 2.32. The first-order valence-corrected chi connectivity index (χ1v) is 6.91. The van der Waals surface area contributed by atoms with E-state index in [9.17, 15) is 0 Å². The van der Waals surface area contributed by atoms with Crippen LogP contribution in [0, 0.1) is 0 Å². The van der Waals surface area contributed by atoms with E-state index in [1.807, 2.05) is 6.07 Å². The van der Waals surface area contributed by atoms with Crippen LogP contribution in [0.25, 0.3) is 0 Å². The highest BCUT2D eigenvalue weighted by atomic mass is 16.5. The third-order valence-electron chi connectivity index (χ3n) is 3.99. The molecule has 4 nitrogen and oxygen atoms in total. The maximum atomic E-state index is 9.12. The molecular formula is C16H18N2O2. The summed E-state index contributed by atoms with van der Waals surface area (Å²) in [5, 5.41) is 9.12. The summed E-state index contributed by atoms with van der Waals surface area (Å²) in [4.78, 5) is 8.99. The van der Waals surface area contributed by atoms with Crippen LogP contribution in [0.15, 0.2) is 42.7 Å². The van der Waals surface area contributed by atoms with Crippen molar-refractivity contribution in [3.63, 3.8) is 0 Å². The molecule has 2 heterocycles. The monoisotopic (exact) mass is 270 g/mol. The summed E-state index contributed by atoms with van der Waals surface area (Å²) in [5.41, 5.74) is 1.80. The SMILES string of the molecule is OCc1cnc(C2(c3ccccc3)CCOCC2)nc1. The molecule has 0 unspecified atom stereocenters. The largest absolute Gasteiger partial charge is 0.392 e. The van der Waals surface area contributed by atoms with Crippen molar-refractivity contribution in [1.82, 2.24) is 9.97 Å². The van der Waals surface area contributed by atoms with Crippen molar-refractivity contribution in [2.24, 2.45) is 0 Å². The van der Waals surface area contributed by atoms with E-state index in [0.717, 1.165) is 37.4 Å². The lowest BCUT2D eigenvalue weighted by molar-refractivity contribution is 0.0604. The Morgan fingerprint density at radius 3 is 2.30 bits per heavy atom. The molecule has 1 N–H and O–H groups in total. The zero-order chi connectivity index (χ0) is 13.8. The molecule has 4 heteroatoms. The molecule has 0 bridgehead atoms. The fourth-order valence-electron chi connectivity index (χ4n) is 2.80. The Morgan fingerprint density at radius 1 is 1.05 bits per heavy atom. The van der Waals surface area contributed by atoms with Crippen LogP contribution in [0.4, 0.5) is 0 Å². The van der Waals surface area contributed by atoms with Crippen molar-refractivity contribution in [3.05, 3.63) is 59.7 Å². The van der Waals surface area contributed by atoms with Crippen LogP contribution >= 0.6 is 0 Å². The van der Waals surface area contributed by atoms with Gasteiger partial charge in [0.2, 0.25) is 0 Å². The zero-order valence-electron chi connectivity index (χ0n) is 11.3. The van der Waals surface area contributed by atoms with Gasteiger partial charge in [0.25, 0.3) is 0 Å². The smallest absolute Gasteiger partial charge is 0.138 e. The van der Waals surface area contributed by atoms with Crippen molar-refractivity contribution in [1.29, 1.82) is 0 Å². The van der Waals surface area contributed by atoms with Gasteiger partial charge in [-0.3, -0.25) is 0 Å². The van der Waals surface area contributed by atoms with E-state index in [2.05, 4.69) is 34.2 Å². The van der Waals surface area contributed by atoms with Gasteiger partial charge in [-0.2, -0.15) is 0 Å². The lowest BCUT2D eigenvalue weighted by Crippen LogP contribution is -2.36. The fourth-order valence-corrected chi connectivity index (χ4v) is 2.80. The summed E-state index contributed by atoms with van der Waals surface area (Å²) in [6.07, 6.45) is 5.19. The number of rotatable bonds is 3. The Kier molecular flexibility index (Phi) is 3.76. The number of aliphatic hydroxyl groups excluding tert-OH is 1. The summed E-state index contributed by atoms with van der Waals surface area (Å²) in [6.45, 7) is 1.42. The first-order chi connectivity index (χ1) is 9.85. The third-order valence-corrected chi connectivity index (χ3v) is 3.99. The van der Waals surface area contributed by atoms with E-state index in [1.54, 1.807) is 12.4 Å². The average Bonchev–Trinajstić information content (AvgIpc) is 2.56. The molecule has 3 rings (SSSR count). The van der Waals surface area contributed by atoms with E-state index in [1.165, 1.54) is 5.56 Å². The second-order valence-corrected chi connectivity index (χ2v) is 5.13. The number of hydrogen-bond donors (Lipinski definition) is 1. The molecular weight excluding hydrogens is 252 g/mol. The Labute approximate surface area is 118 Å². The first kappa shape index (κ1) is 13.2. The molecule has 1 aromatic heterocycles. The molecule has 1 fully saturated rings. The predicted molar refractivity (Wildman–Crippen MR) is 75.2 cm³/mol. The van der Waals surface area contributed by atoms with Crippen LogP contribution in [0.2, 0.25) is 0 Å². The van der Waals surface area contributed by atoms with Gasteiger partial charge in [0, 0.05) is 31.2 Å². The number of ether oxygens (including phenoxy) is 1. The van der Waals surface area contributed by atoms with Gasteiger partial charge in [0.1, 0.15) is 5.82 Å². The quantitative estimate of drug-likeness (QED) is 0.927. The highest BCUT2D eigenvalue weighted by Crippen LogP contribution is 2.39. The van der Waals surface area contributed by atoms with Gasteiger partial charge < -0.3 is 9.84 Å². The Balaban J connectivity index is 2.05. The average molecular weight is 270 g/mol. The van der Waals surface area contributed by atoms with Gasteiger partial charge in [-0.25, -0.2) is 9.97 Å². The molecule has 104 valence electrons. The highest BCUT2D eigenvalue weighted by Gasteiger charge is 2.38. The van der Waals surface area contributed by atoms with Gasteiger partial charge in [0.15, 0.2) is 0 Å². The summed E-state index contributed by atoms with van der Waals surface area (Å²) in [7, 11) is 0.